The van der Waals surface area contributed by atoms with Crippen LogP contribution in [0.25, 0.3) is 22.3 Å². The third-order valence-electron chi connectivity index (χ3n) is 5.88. The first-order valence-corrected chi connectivity index (χ1v) is 11.1. The van der Waals surface area contributed by atoms with Gasteiger partial charge in [-0.15, -0.1) is 0 Å². The Kier molecular flexibility index (Phi) is 5.57. The summed E-state index contributed by atoms with van der Waals surface area (Å²) in [5, 5.41) is 17.6. The minimum atomic E-state index is -0.515. The third-order valence-corrected chi connectivity index (χ3v) is 5.88. The van der Waals surface area contributed by atoms with Crippen molar-refractivity contribution < 1.29 is 13.7 Å². The summed E-state index contributed by atoms with van der Waals surface area (Å²) in [6.07, 6.45) is 2.81. The first-order valence-electron chi connectivity index (χ1n) is 11.1. The summed E-state index contributed by atoms with van der Waals surface area (Å²) in [7, 11) is 1.72. The maximum absolute atomic E-state index is 14.7. The number of piperidine rings is 1. The second kappa shape index (κ2) is 8.70. The van der Waals surface area contributed by atoms with Crippen LogP contribution in [0.2, 0.25) is 0 Å². The number of aryl methyl sites for hydroxylation is 1. The average molecular weight is 462 g/mol. The summed E-state index contributed by atoms with van der Waals surface area (Å²) in [6.45, 7) is 5.47. The molecule has 11 heteroatoms. The van der Waals surface area contributed by atoms with Gasteiger partial charge < -0.3 is 14.2 Å². The molecule has 1 saturated heterocycles. The van der Waals surface area contributed by atoms with Crippen LogP contribution in [0.15, 0.2) is 29.0 Å². The Hall–Kier alpha value is -4.07. The third kappa shape index (κ3) is 3.91. The summed E-state index contributed by atoms with van der Waals surface area (Å²) >= 11 is 0. The van der Waals surface area contributed by atoms with E-state index in [9.17, 15) is 4.39 Å². The van der Waals surface area contributed by atoms with Gasteiger partial charge in [-0.25, -0.2) is 9.37 Å². The molecule has 174 valence electrons. The van der Waals surface area contributed by atoms with Crippen LogP contribution in [-0.2, 0) is 7.05 Å². The molecule has 0 atom stereocenters. The largest absolute Gasteiger partial charge is 0.473 e. The van der Waals surface area contributed by atoms with Gasteiger partial charge in [-0.3, -0.25) is 4.68 Å². The smallest absolute Gasteiger partial charge is 0.324 e. The minimum absolute atomic E-state index is 0.0704. The van der Waals surface area contributed by atoms with Crippen molar-refractivity contribution in [2.45, 2.75) is 38.7 Å². The van der Waals surface area contributed by atoms with E-state index in [1.165, 1.54) is 12.4 Å². The molecule has 34 heavy (non-hydrogen) atoms. The van der Waals surface area contributed by atoms with Crippen LogP contribution in [0.1, 0.15) is 44.0 Å². The van der Waals surface area contributed by atoms with E-state index in [1.807, 2.05) is 19.9 Å². The van der Waals surface area contributed by atoms with Crippen molar-refractivity contribution in [1.29, 1.82) is 5.26 Å². The van der Waals surface area contributed by atoms with Gasteiger partial charge in [0.25, 0.3) is 0 Å². The molecule has 0 aliphatic carbocycles. The van der Waals surface area contributed by atoms with E-state index < -0.39 is 5.82 Å². The van der Waals surface area contributed by atoms with Crippen LogP contribution in [0.4, 0.5) is 10.4 Å². The molecule has 4 aromatic rings. The van der Waals surface area contributed by atoms with Crippen LogP contribution < -0.4 is 9.64 Å². The molecule has 1 aromatic carbocycles. The minimum Gasteiger partial charge on any atom is -0.473 e. The Morgan fingerprint density at radius 1 is 1.21 bits per heavy atom. The summed E-state index contributed by atoms with van der Waals surface area (Å²) < 4.78 is 27.9. The van der Waals surface area contributed by atoms with E-state index in [-0.39, 0.29) is 17.6 Å². The molecule has 4 heterocycles. The number of hydrogen-bond donors (Lipinski definition) is 0. The van der Waals surface area contributed by atoms with E-state index >= 15 is 0 Å². The molecule has 0 bridgehead atoms. The van der Waals surface area contributed by atoms with Crippen molar-refractivity contribution >= 4 is 17.0 Å². The number of rotatable bonds is 5. The van der Waals surface area contributed by atoms with Gasteiger partial charge in [-0.05, 0) is 18.2 Å². The van der Waals surface area contributed by atoms with Gasteiger partial charge >= 0.3 is 6.01 Å². The number of nitrogens with zero attached hydrogens (tertiary/aromatic N) is 8. The molecule has 0 unspecified atom stereocenters. The standard InChI is InChI=1S/C23H23FN8O2/c1-13(2)21-28-23(34-30-21)32-8-6-15(7-9-32)33-22-19-18(26-12-27-22)20(31(3)29-19)16-5-4-14(11-25)10-17(16)24/h4-5,10,12-13,15H,6-9H2,1-3H3. The molecule has 3 aromatic heterocycles. The van der Waals surface area contributed by atoms with Gasteiger partial charge in [0.1, 0.15) is 23.8 Å². The average Bonchev–Trinajstić information content (AvgIpc) is 3.45. The summed E-state index contributed by atoms with van der Waals surface area (Å²) in [6, 6.07) is 6.80. The SMILES string of the molecule is CC(C)c1noc(N2CCC(Oc3ncnc4c(-c5ccc(C#N)cc5F)n(C)nc34)CC2)n1. The quantitative estimate of drug-likeness (QED) is 0.438. The molecule has 0 saturated carbocycles. The Morgan fingerprint density at radius 2 is 2.00 bits per heavy atom. The van der Waals surface area contributed by atoms with Crippen molar-refractivity contribution in [3.63, 3.8) is 0 Å². The Morgan fingerprint density at radius 3 is 2.68 bits per heavy atom. The highest BCUT2D eigenvalue weighted by molar-refractivity contribution is 5.92. The number of anilines is 1. The number of hydrogen-bond acceptors (Lipinski definition) is 9. The van der Waals surface area contributed by atoms with Crippen LogP contribution in [0, 0.1) is 17.1 Å². The van der Waals surface area contributed by atoms with Crippen LogP contribution in [0.5, 0.6) is 5.88 Å². The molecule has 0 radical (unpaired) electrons. The number of benzene rings is 1. The predicted molar refractivity (Wildman–Crippen MR) is 121 cm³/mol. The highest BCUT2D eigenvalue weighted by Gasteiger charge is 2.27. The highest BCUT2D eigenvalue weighted by Crippen LogP contribution is 2.33. The number of halogens is 1. The lowest BCUT2D eigenvalue weighted by Gasteiger charge is -2.30. The van der Waals surface area contributed by atoms with Crippen molar-refractivity contribution in [2.24, 2.45) is 7.05 Å². The molecular formula is C23H23FN8O2. The molecule has 0 amide bonds. The van der Waals surface area contributed by atoms with Gasteiger partial charge in [0.15, 0.2) is 11.3 Å². The lowest BCUT2D eigenvalue weighted by atomic mass is 10.1. The number of aromatic nitrogens is 6. The number of fused-ring (bicyclic) bond motifs is 1. The Bertz CT molecular complexity index is 1380. The van der Waals surface area contributed by atoms with E-state index in [4.69, 9.17) is 14.5 Å². The fourth-order valence-electron chi connectivity index (χ4n) is 4.06. The molecular weight excluding hydrogens is 439 g/mol. The first kappa shape index (κ1) is 21.8. The summed E-state index contributed by atoms with van der Waals surface area (Å²) in [5.74, 6) is 0.749. The Labute approximate surface area is 195 Å². The molecule has 1 fully saturated rings. The molecule has 1 aliphatic heterocycles. The zero-order chi connectivity index (χ0) is 23.8. The van der Waals surface area contributed by atoms with E-state index in [1.54, 1.807) is 23.9 Å². The second-order valence-corrected chi connectivity index (χ2v) is 8.55. The highest BCUT2D eigenvalue weighted by atomic mass is 19.1. The second-order valence-electron chi connectivity index (χ2n) is 8.55. The van der Waals surface area contributed by atoms with Crippen LogP contribution in [0.3, 0.4) is 0 Å². The summed E-state index contributed by atoms with van der Waals surface area (Å²) in [5.41, 5.74) is 2.00. The molecule has 1 aliphatic rings. The number of ether oxygens (including phenoxy) is 1. The maximum Gasteiger partial charge on any atom is 0.324 e. The normalized spacial score (nSPS) is 14.6. The van der Waals surface area contributed by atoms with Gasteiger partial charge in [-0.1, -0.05) is 19.0 Å². The summed E-state index contributed by atoms with van der Waals surface area (Å²) in [4.78, 5) is 15.2. The maximum atomic E-state index is 14.7. The zero-order valence-corrected chi connectivity index (χ0v) is 19.1. The fourth-order valence-corrected chi connectivity index (χ4v) is 4.06. The van der Waals surface area contributed by atoms with Gasteiger partial charge in [-0.2, -0.15) is 20.3 Å². The fraction of sp³-hybridized carbons (Fsp3) is 0.391. The lowest BCUT2D eigenvalue weighted by molar-refractivity contribution is 0.163. The van der Waals surface area contributed by atoms with Crippen LogP contribution >= 0.6 is 0 Å². The monoisotopic (exact) mass is 462 g/mol. The van der Waals surface area contributed by atoms with Crippen LogP contribution in [-0.4, -0.2) is 49.1 Å². The van der Waals surface area contributed by atoms with E-state index in [2.05, 4.69) is 30.1 Å². The molecule has 10 nitrogen and oxygen atoms in total. The number of nitriles is 1. The van der Waals surface area contributed by atoms with Crippen molar-refractivity contribution in [3.05, 3.63) is 41.7 Å². The molecule has 0 spiro atoms. The first-order chi connectivity index (χ1) is 16.4. The molecule has 0 N–H and O–H groups in total. The van der Waals surface area contributed by atoms with Gasteiger partial charge in [0, 0.05) is 44.5 Å². The van der Waals surface area contributed by atoms with Crippen molar-refractivity contribution in [1.82, 2.24) is 29.9 Å². The van der Waals surface area contributed by atoms with E-state index in [0.29, 0.717) is 53.1 Å². The van der Waals surface area contributed by atoms with E-state index in [0.717, 1.165) is 12.8 Å². The Balaban J connectivity index is 1.35. The lowest BCUT2D eigenvalue weighted by Crippen LogP contribution is -2.38. The predicted octanol–water partition coefficient (Wildman–Crippen LogP) is 3.60. The van der Waals surface area contributed by atoms with Gasteiger partial charge in [0.05, 0.1) is 17.3 Å². The molecule has 5 rings (SSSR count). The van der Waals surface area contributed by atoms with Crippen molar-refractivity contribution in [3.8, 4) is 23.2 Å². The zero-order valence-electron chi connectivity index (χ0n) is 19.1. The van der Waals surface area contributed by atoms with Gasteiger partial charge in [0.2, 0.25) is 5.88 Å². The topological polar surface area (TPSA) is 119 Å². The van der Waals surface area contributed by atoms with Crippen molar-refractivity contribution in [2.75, 3.05) is 18.0 Å².